The molecule has 1 heterocycles. The first kappa shape index (κ1) is 14.5. The molecule has 0 aliphatic carbocycles. The fourth-order valence-electron chi connectivity index (χ4n) is 2.32. The van der Waals surface area contributed by atoms with E-state index in [0.29, 0.717) is 5.95 Å². The molecule has 2 aromatic rings. The van der Waals surface area contributed by atoms with E-state index in [1.165, 1.54) is 11.1 Å². The molecule has 0 bridgehead atoms. The van der Waals surface area contributed by atoms with Crippen LogP contribution in [0, 0.1) is 19.3 Å². The molecule has 1 aromatic carbocycles. The van der Waals surface area contributed by atoms with E-state index in [4.69, 9.17) is 5.73 Å². The smallest absolute Gasteiger partial charge is 0.220 e. The highest BCUT2D eigenvalue weighted by Crippen LogP contribution is 2.27. The van der Waals surface area contributed by atoms with Crippen molar-refractivity contribution in [2.45, 2.75) is 41.0 Å². The first-order chi connectivity index (χ1) is 9.26. The van der Waals surface area contributed by atoms with Gasteiger partial charge in [0.05, 0.1) is 5.69 Å². The van der Waals surface area contributed by atoms with Crippen molar-refractivity contribution in [3.8, 4) is 11.3 Å². The van der Waals surface area contributed by atoms with Crippen molar-refractivity contribution in [3.05, 3.63) is 41.1 Å². The SMILES string of the molecule is Cc1cccc(-c2cc(CC(C)(C)C)nc(N)n2)c1C. The van der Waals surface area contributed by atoms with Gasteiger partial charge in [-0.05, 0) is 42.9 Å². The predicted octanol–water partition coefficient (Wildman–Crippen LogP) is 3.93. The van der Waals surface area contributed by atoms with Crippen molar-refractivity contribution < 1.29 is 0 Å². The average molecular weight is 269 g/mol. The van der Waals surface area contributed by atoms with Crippen LogP contribution in [0.15, 0.2) is 24.3 Å². The standard InChI is InChI=1S/C17H23N3/c1-11-7-6-8-14(12(11)2)15-9-13(10-17(3,4)5)19-16(18)20-15/h6-9H,10H2,1-5H3,(H2,18,19,20). The van der Waals surface area contributed by atoms with Gasteiger partial charge in [0.15, 0.2) is 0 Å². The Balaban J connectivity index is 2.50. The highest BCUT2D eigenvalue weighted by molar-refractivity contribution is 5.66. The van der Waals surface area contributed by atoms with Crippen molar-refractivity contribution in [1.29, 1.82) is 0 Å². The van der Waals surface area contributed by atoms with Crippen molar-refractivity contribution in [3.63, 3.8) is 0 Å². The molecule has 3 heteroatoms. The van der Waals surface area contributed by atoms with Gasteiger partial charge in [0, 0.05) is 11.3 Å². The number of hydrogen-bond acceptors (Lipinski definition) is 3. The van der Waals surface area contributed by atoms with Crippen LogP contribution in [-0.2, 0) is 6.42 Å². The molecule has 0 spiro atoms. The Labute approximate surface area is 121 Å². The maximum atomic E-state index is 5.88. The summed E-state index contributed by atoms with van der Waals surface area (Å²) in [6, 6.07) is 8.31. The summed E-state index contributed by atoms with van der Waals surface area (Å²) in [5.41, 5.74) is 11.6. The molecule has 2 N–H and O–H groups in total. The Kier molecular flexibility index (Phi) is 3.80. The molecule has 0 unspecified atom stereocenters. The van der Waals surface area contributed by atoms with Crippen LogP contribution in [0.1, 0.15) is 37.6 Å². The number of aryl methyl sites for hydroxylation is 1. The molecule has 2 rings (SSSR count). The fourth-order valence-corrected chi connectivity index (χ4v) is 2.32. The van der Waals surface area contributed by atoms with E-state index in [1.54, 1.807) is 0 Å². The minimum Gasteiger partial charge on any atom is -0.368 e. The number of benzene rings is 1. The molecule has 0 fully saturated rings. The molecular formula is C17H23N3. The monoisotopic (exact) mass is 269 g/mol. The van der Waals surface area contributed by atoms with E-state index in [2.05, 4.69) is 68.9 Å². The minimum atomic E-state index is 0.180. The van der Waals surface area contributed by atoms with Gasteiger partial charge in [0.25, 0.3) is 0 Å². The lowest BCUT2D eigenvalue weighted by Gasteiger charge is -2.18. The molecule has 0 saturated heterocycles. The molecule has 0 aliphatic rings. The highest BCUT2D eigenvalue weighted by Gasteiger charge is 2.15. The lowest BCUT2D eigenvalue weighted by Crippen LogP contribution is -2.12. The quantitative estimate of drug-likeness (QED) is 0.898. The van der Waals surface area contributed by atoms with Crippen LogP contribution in [0.5, 0.6) is 0 Å². The van der Waals surface area contributed by atoms with E-state index in [9.17, 15) is 0 Å². The maximum Gasteiger partial charge on any atom is 0.220 e. The topological polar surface area (TPSA) is 51.8 Å². The number of hydrogen-bond donors (Lipinski definition) is 1. The van der Waals surface area contributed by atoms with Crippen LogP contribution < -0.4 is 5.73 Å². The third-order valence-corrected chi connectivity index (χ3v) is 3.39. The first-order valence-corrected chi connectivity index (χ1v) is 6.96. The fraction of sp³-hybridized carbons (Fsp3) is 0.412. The van der Waals surface area contributed by atoms with Crippen LogP contribution in [0.25, 0.3) is 11.3 Å². The van der Waals surface area contributed by atoms with Crippen LogP contribution >= 0.6 is 0 Å². The second-order valence-corrected chi connectivity index (χ2v) is 6.59. The Bertz CT molecular complexity index is 625. The van der Waals surface area contributed by atoms with Crippen LogP contribution in [0.3, 0.4) is 0 Å². The Morgan fingerprint density at radius 1 is 1.10 bits per heavy atom. The number of nitrogens with zero attached hydrogens (tertiary/aromatic N) is 2. The number of nitrogen functional groups attached to an aromatic ring is 1. The van der Waals surface area contributed by atoms with Gasteiger partial charge in [-0.15, -0.1) is 0 Å². The van der Waals surface area contributed by atoms with Gasteiger partial charge in [0.1, 0.15) is 0 Å². The summed E-state index contributed by atoms with van der Waals surface area (Å²) in [6.07, 6.45) is 0.886. The number of aromatic nitrogens is 2. The summed E-state index contributed by atoms with van der Waals surface area (Å²) in [5, 5.41) is 0. The van der Waals surface area contributed by atoms with E-state index >= 15 is 0 Å². The Morgan fingerprint density at radius 2 is 1.80 bits per heavy atom. The van der Waals surface area contributed by atoms with Crippen molar-refractivity contribution in [2.75, 3.05) is 5.73 Å². The van der Waals surface area contributed by atoms with Crippen LogP contribution in [0.4, 0.5) is 5.95 Å². The molecule has 0 radical (unpaired) electrons. The summed E-state index contributed by atoms with van der Waals surface area (Å²) in [5.74, 6) is 0.350. The largest absolute Gasteiger partial charge is 0.368 e. The van der Waals surface area contributed by atoms with Crippen molar-refractivity contribution in [2.24, 2.45) is 5.41 Å². The molecule has 0 amide bonds. The van der Waals surface area contributed by atoms with Gasteiger partial charge >= 0.3 is 0 Å². The zero-order chi connectivity index (χ0) is 14.9. The molecule has 0 saturated carbocycles. The van der Waals surface area contributed by atoms with E-state index < -0.39 is 0 Å². The third-order valence-electron chi connectivity index (χ3n) is 3.39. The maximum absolute atomic E-state index is 5.88. The Morgan fingerprint density at radius 3 is 2.45 bits per heavy atom. The van der Waals surface area contributed by atoms with Gasteiger partial charge in [-0.2, -0.15) is 0 Å². The van der Waals surface area contributed by atoms with E-state index in [-0.39, 0.29) is 5.41 Å². The van der Waals surface area contributed by atoms with Gasteiger partial charge in [0.2, 0.25) is 5.95 Å². The van der Waals surface area contributed by atoms with Gasteiger partial charge in [-0.1, -0.05) is 39.0 Å². The van der Waals surface area contributed by atoms with Crippen molar-refractivity contribution in [1.82, 2.24) is 9.97 Å². The molecule has 3 nitrogen and oxygen atoms in total. The van der Waals surface area contributed by atoms with Gasteiger partial charge in [-0.25, -0.2) is 9.97 Å². The average Bonchev–Trinajstić information content (AvgIpc) is 2.29. The highest BCUT2D eigenvalue weighted by atomic mass is 15.0. The number of rotatable bonds is 2. The zero-order valence-corrected chi connectivity index (χ0v) is 13.0. The predicted molar refractivity (Wildman–Crippen MR) is 84.5 cm³/mol. The third kappa shape index (κ3) is 3.35. The molecule has 20 heavy (non-hydrogen) atoms. The summed E-state index contributed by atoms with van der Waals surface area (Å²) in [4.78, 5) is 8.77. The summed E-state index contributed by atoms with van der Waals surface area (Å²) < 4.78 is 0. The zero-order valence-electron chi connectivity index (χ0n) is 13.0. The summed E-state index contributed by atoms with van der Waals surface area (Å²) in [7, 11) is 0. The Hall–Kier alpha value is -1.90. The normalized spacial score (nSPS) is 11.7. The van der Waals surface area contributed by atoms with Crippen LogP contribution in [-0.4, -0.2) is 9.97 Å². The molecular weight excluding hydrogens is 246 g/mol. The van der Waals surface area contributed by atoms with E-state index in [1.807, 2.05) is 0 Å². The summed E-state index contributed by atoms with van der Waals surface area (Å²) in [6.45, 7) is 10.8. The van der Waals surface area contributed by atoms with Gasteiger partial charge in [-0.3, -0.25) is 0 Å². The second-order valence-electron chi connectivity index (χ2n) is 6.59. The number of anilines is 1. The molecule has 0 atom stereocenters. The second kappa shape index (κ2) is 5.23. The lowest BCUT2D eigenvalue weighted by atomic mass is 9.90. The molecule has 1 aromatic heterocycles. The lowest BCUT2D eigenvalue weighted by molar-refractivity contribution is 0.406. The van der Waals surface area contributed by atoms with E-state index in [0.717, 1.165) is 23.4 Å². The minimum absolute atomic E-state index is 0.180. The number of nitrogens with two attached hydrogens (primary N) is 1. The molecule has 106 valence electrons. The summed E-state index contributed by atoms with van der Waals surface area (Å²) >= 11 is 0. The molecule has 0 aliphatic heterocycles. The van der Waals surface area contributed by atoms with Crippen molar-refractivity contribution >= 4 is 5.95 Å². The van der Waals surface area contributed by atoms with Gasteiger partial charge < -0.3 is 5.73 Å². The first-order valence-electron chi connectivity index (χ1n) is 6.96. The van der Waals surface area contributed by atoms with Crippen LogP contribution in [0.2, 0.25) is 0 Å².